The highest BCUT2D eigenvalue weighted by Crippen LogP contribution is 2.20. The average Bonchev–Trinajstić information content (AvgIpc) is 2.29. The van der Waals surface area contributed by atoms with Gasteiger partial charge in [-0.1, -0.05) is 0 Å². The van der Waals surface area contributed by atoms with Gasteiger partial charge in [0.1, 0.15) is 0 Å². The molecule has 1 saturated heterocycles. The van der Waals surface area contributed by atoms with E-state index in [1.54, 1.807) is 0 Å². The van der Waals surface area contributed by atoms with E-state index < -0.39 is 0 Å². The van der Waals surface area contributed by atoms with Crippen LogP contribution in [0.3, 0.4) is 0 Å². The second-order valence-electron chi connectivity index (χ2n) is 3.69. The molecule has 4 nitrogen and oxygen atoms in total. The molecule has 1 aliphatic heterocycles. The smallest absolute Gasteiger partial charge is 0.0981 e. The molecule has 3 N–H and O–H groups in total. The monoisotopic (exact) mass is 334 g/mol. The Morgan fingerprint density at radius 2 is 2.31 bits per heavy atom. The van der Waals surface area contributed by atoms with E-state index in [2.05, 4.69) is 27.9 Å². The normalized spacial score (nSPS) is 20.7. The molecule has 1 aromatic carbocycles. The molecule has 1 atom stereocenters. The number of rotatable bonds is 3. The minimum Gasteiger partial charge on any atom is -0.399 e. The van der Waals surface area contributed by atoms with E-state index in [1.165, 1.54) is 0 Å². The van der Waals surface area contributed by atoms with Crippen molar-refractivity contribution >= 4 is 34.0 Å². The maximum Gasteiger partial charge on any atom is 0.0981 e. The van der Waals surface area contributed by atoms with Gasteiger partial charge in [-0.25, -0.2) is 0 Å². The standard InChI is InChI=1S/C11H15IN2O2/c12-10-5-8(13)1-2-11(10)14-6-9-7-15-3-4-16-9/h1-2,5,9,14H,3-4,6-7,13H2. The molecule has 0 amide bonds. The van der Waals surface area contributed by atoms with Crippen LogP contribution < -0.4 is 11.1 Å². The Hall–Kier alpha value is -0.530. The van der Waals surface area contributed by atoms with Crippen LogP contribution in [0.15, 0.2) is 18.2 Å². The van der Waals surface area contributed by atoms with Crippen molar-refractivity contribution in [3.8, 4) is 0 Å². The summed E-state index contributed by atoms with van der Waals surface area (Å²) in [4.78, 5) is 0. The fourth-order valence-corrected chi connectivity index (χ4v) is 2.28. The van der Waals surface area contributed by atoms with Crippen molar-refractivity contribution < 1.29 is 9.47 Å². The van der Waals surface area contributed by atoms with Crippen LogP contribution in [0.1, 0.15) is 0 Å². The van der Waals surface area contributed by atoms with E-state index in [0.717, 1.165) is 21.5 Å². The van der Waals surface area contributed by atoms with Gasteiger partial charge in [-0.2, -0.15) is 0 Å². The van der Waals surface area contributed by atoms with E-state index >= 15 is 0 Å². The van der Waals surface area contributed by atoms with Gasteiger partial charge in [0.05, 0.1) is 25.9 Å². The summed E-state index contributed by atoms with van der Waals surface area (Å²) < 4.78 is 12.0. The number of benzene rings is 1. The van der Waals surface area contributed by atoms with Crippen molar-refractivity contribution in [3.63, 3.8) is 0 Å². The Bertz CT molecular complexity index is 354. The minimum atomic E-state index is 0.141. The Balaban J connectivity index is 1.88. The molecule has 0 aromatic heterocycles. The number of anilines is 2. The number of hydrogen-bond acceptors (Lipinski definition) is 4. The van der Waals surface area contributed by atoms with Gasteiger partial charge >= 0.3 is 0 Å². The lowest BCUT2D eigenvalue weighted by atomic mass is 10.2. The molecule has 0 spiro atoms. The first kappa shape index (κ1) is 11.9. The van der Waals surface area contributed by atoms with Crippen molar-refractivity contribution in [2.75, 3.05) is 37.4 Å². The topological polar surface area (TPSA) is 56.5 Å². The van der Waals surface area contributed by atoms with E-state index in [4.69, 9.17) is 15.2 Å². The fourth-order valence-electron chi connectivity index (χ4n) is 1.55. The molecule has 0 aliphatic carbocycles. The third-order valence-electron chi connectivity index (χ3n) is 2.40. The molecule has 0 bridgehead atoms. The van der Waals surface area contributed by atoms with E-state index in [1.807, 2.05) is 18.2 Å². The molecule has 1 unspecified atom stereocenters. The third-order valence-corrected chi connectivity index (χ3v) is 3.29. The molecule has 1 fully saturated rings. The Labute approximate surface area is 109 Å². The zero-order valence-electron chi connectivity index (χ0n) is 8.91. The summed E-state index contributed by atoms with van der Waals surface area (Å²) in [5.74, 6) is 0. The summed E-state index contributed by atoms with van der Waals surface area (Å²) in [6, 6.07) is 5.82. The SMILES string of the molecule is Nc1ccc(NCC2COCCO2)c(I)c1. The Kier molecular flexibility index (Phi) is 4.25. The highest BCUT2D eigenvalue weighted by molar-refractivity contribution is 14.1. The van der Waals surface area contributed by atoms with Gasteiger partial charge in [0.25, 0.3) is 0 Å². The van der Waals surface area contributed by atoms with Crippen LogP contribution in [0.2, 0.25) is 0 Å². The molecule has 5 heteroatoms. The van der Waals surface area contributed by atoms with Crippen LogP contribution in [-0.4, -0.2) is 32.5 Å². The largest absolute Gasteiger partial charge is 0.399 e. The van der Waals surface area contributed by atoms with Gasteiger partial charge in [-0.15, -0.1) is 0 Å². The van der Waals surface area contributed by atoms with Gasteiger partial charge in [-0.05, 0) is 40.8 Å². The summed E-state index contributed by atoms with van der Waals surface area (Å²) in [5.41, 5.74) is 7.56. The predicted octanol–water partition coefficient (Wildman–Crippen LogP) is 1.70. The molecule has 0 saturated carbocycles. The highest BCUT2D eigenvalue weighted by atomic mass is 127. The quantitative estimate of drug-likeness (QED) is 0.653. The first-order valence-electron chi connectivity index (χ1n) is 5.24. The van der Waals surface area contributed by atoms with Crippen molar-refractivity contribution in [3.05, 3.63) is 21.8 Å². The zero-order valence-corrected chi connectivity index (χ0v) is 11.1. The lowest BCUT2D eigenvalue weighted by molar-refractivity contribution is -0.0818. The lowest BCUT2D eigenvalue weighted by Gasteiger charge is -2.23. The van der Waals surface area contributed by atoms with Crippen molar-refractivity contribution in [2.24, 2.45) is 0 Å². The number of nitrogens with one attached hydrogen (secondary N) is 1. The average molecular weight is 334 g/mol. The van der Waals surface area contributed by atoms with Gasteiger partial charge in [0, 0.05) is 21.5 Å². The van der Waals surface area contributed by atoms with Crippen LogP contribution in [-0.2, 0) is 9.47 Å². The summed E-state index contributed by atoms with van der Waals surface area (Å²) in [6.07, 6.45) is 0.141. The summed E-state index contributed by atoms with van der Waals surface area (Å²) in [5, 5.41) is 3.34. The molecule has 2 rings (SSSR count). The highest BCUT2D eigenvalue weighted by Gasteiger charge is 2.14. The minimum absolute atomic E-state index is 0.141. The van der Waals surface area contributed by atoms with Crippen molar-refractivity contribution in [1.29, 1.82) is 0 Å². The number of hydrogen-bond donors (Lipinski definition) is 2. The van der Waals surface area contributed by atoms with Crippen LogP contribution in [0.25, 0.3) is 0 Å². The first-order valence-corrected chi connectivity index (χ1v) is 6.32. The number of halogens is 1. The molecule has 1 aromatic rings. The maximum atomic E-state index is 5.69. The number of ether oxygens (including phenoxy) is 2. The molecule has 88 valence electrons. The lowest BCUT2D eigenvalue weighted by Crippen LogP contribution is -2.34. The summed E-state index contributed by atoms with van der Waals surface area (Å²) >= 11 is 2.27. The van der Waals surface area contributed by atoms with Crippen LogP contribution >= 0.6 is 22.6 Å². The molecule has 16 heavy (non-hydrogen) atoms. The number of nitrogen functional groups attached to an aromatic ring is 1. The van der Waals surface area contributed by atoms with E-state index in [9.17, 15) is 0 Å². The van der Waals surface area contributed by atoms with Crippen molar-refractivity contribution in [1.82, 2.24) is 0 Å². The van der Waals surface area contributed by atoms with Crippen LogP contribution in [0.5, 0.6) is 0 Å². The van der Waals surface area contributed by atoms with Crippen LogP contribution in [0, 0.1) is 3.57 Å². The predicted molar refractivity (Wildman–Crippen MR) is 72.6 cm³/mol. The van der Waals surface area contributed by atoms with Gasteiger partial charge < -0.3 is 20.5 Å². The van der Waals surface area contributed by atoms with Crippen molar-refractivity contribution in [2.45, 2.75) is 6.10 Å². The third kappa shape index (κ3) is 3.23. The molecular weight excluding hydrogens is 319 g/mol. The first-order chi connectivity index (χ1) is 7.75. The Morgan fingerprint density at radius 3 is 3.00 bits per heavy atom. The second kappa shape index (κ2) is 5.70. The van der Waals surface area contributed by atoms with E-state index in [-0.39, 0.29) is 6.10 Å². The number of nitrogens with two attached hydrogens (primary N) is 1. The van der Waals surface area contributed by atoms with Crippen LogP contribution in [0.4, 0.5) is 11.4 Å². The fraction of sp³-hybridized carbons (Fsp3) is 0.455. The molecular formula is C11H15IN2O2. The second-order valence-corrected chi connectivity index (χ2v) is 4.85. The Morgan fingerprint density at radius 1 is 1.44 bits per heavy atom. The molecule has 0 radical (unpaired) electrons. The summed E-state index contributed by atoms with van der Waals surface area (Å²) in [6.45, 7) is 2.82. The maximum absolute atomic E-state index is 5.69. The molecule has 1 heterocycles. The van der Waals surface area contributed by atoms with Gasteiger partial charge in [0.2, 0.25) is 0 Å². The van der Waals surface area contributed by atoms with Gasteiger partial charge in [-0.3, -0.25) is 0 Å². The van der Waals surface area contributed by atoms with Gasteiger partial charge in [0.15, 0.2) is 0 Å². The zero-order chi connectivity index (χ0) is 11.4. The summed E-state index contributed by atoms with van der Waals surface area (Å²) in [7, 11) is 0. The van der Waals surface area contributed by atoms with E-state index in [0.29, 0.717) is 19.8 Å². The molecule has 1 aliphatic rings.